The quantitative estimate of drug-likeness (QED) is 0.913. The summed E-state index contributed by atoms with van der Waals surface area (Å²) >= 11 is 3.39. The average molecular weight is 328 g/mol. The van der Waals surface area contributed by atoms with Crippen LogP contribution in [0.15, 0.2) is 16.6 Å². The summed E-state index contributed by atoms with van der Waals surface area (Å²) in [6.07, 6.45) is 2.55. The smallest absolute Gasteiger partial charge is 0.172 e. The van der Waals surface area contributed by atoms with Crippen molar-refractivity contribution >= 4 is 15.9 Å². The molecule has 1 saturated heterocycles. The van der Waals surface area contributed by atoms with Gasteiger partial charge in [-0.25, -0.2) is 0 Å². The standard InChI is InChI=1S/C15H22BrNO2/c1-3-19-14-9-12(8-13(16)15(14)18)10-17-6-4-11(2)5-7-17/h8-9,11,18H,3-7,10H2,1-2H3. The molecule has 0 aliphatic carbocycles. The van der Waals surface area contributed by atoms with Crippen molar-refractivity contribution in [2.75, 3.05) is 19.7 Å². The number of likely N-dealkylation sites (tertiary alicyclic amines) is 1. The highest BCUT2D eigenvalue weighted by Gasteiger charge is 2.17. The van der Waals surface area contributed by atoms with Crippen molar-refractivity contribution in [3.63, 3.8) is 0 Å². The van der Waals surface area contributed by atoms with Crippen molar-refractivity contribution in [1.82, 2.24) is 4.90 Å². The van der Waals surface area contributed by atoms with E-state index in [1.54, 1.807) is 0 Å². The summed E-state index contributed by atoms with van der Waals surface area (Å²) in [6.45, 7) is 8.04. The molecule has 0 atom stereocenters. The average Bonchev–Trinajstić information content (AvgIpc) is 2.38. The molecular formula is C15H22BrNO2. The number of nitrogens with zero attached hydrogens (tertiary/aromatic N) is 1. The van der Waals surface area contributed by atoms with Crippen LogP contribution < -0.4 is 4.74 Å². The van der Waals surface area contributed by atoms with Crippen LogP contribution >= 0.6 is 15.9 Å². The van der Waals surface area contributed by atoms with Crippen molar-refractivity contribution in [2.45, 2.75) is 33.2 Å². The van der Waals surface area contributed by atoms with Gasteiger partial charge in [0, 0.05) is 6.54 Å². The van der Waals surface area contributed by atoms with Crippen LogP contribution in [0.2, 0.25) is 0 Å². The van der Waals surface area contributed by atoms with E-state index in [0.717, 1.165) is 25.6 Å². The minimum absolute atomic E-state index is 0.192. The van der Waals surface area contributed by atoms with E-state index in [0.29, 0.717) is 16.8 Å². The molecule has 0 amide bonds. The van der Waals surface area contributed by atoms with E-state index in [1.165, 1.54) is 18.4 Å². The Labute approximate surface area is 123 Å². The van der Waals surface area contributed by atoms with E-state index in [9.17, 15) is 5.11 Å². The summed E-state index contributed by atoms with van der Waals surface area (Å²) in [6, 6.07) is 3.93. The Morgan fingerprint density at radius 1 is 1.37 bits per heavy atom. The van der Waals surface area contributed by atoms with Crippen molar-refractivity contribution in [3.05, 3.63) is 22.2 Å². The largest absolute Gasteiger partial charge is 0.503 e. The summed E-state index contributed by atoms with van der Waals surface area (Å²) in [4.78, 5) is 2.47. The Bertz CT molecular complexity index is 428. The van der Waals surface area contributed by atoms with Gasteiger partial charge in [-0.2, -0.15) is 0 Å². The zero-order chi connectivity index (χ0) is 13.8. The van der Waals surface area contributed by atoms with Gasteiger partial charge in [-0.15, -0.1) is 0 Å². The number of aromatic hydroxyl groups is 1. The van der Waals surface area contributed by atoms with Crippen LogP contribution in [0.1, 0.15) is 32.3 Å². The first-order valence-electron chi connectivity index (χ1n) is 6.96. The van der Waals surface area contributed by atoms with E-state index < -0.39 is 0 Å². The van der Waals surface area contributed by atoms with Gasteiger partial charge in [0.05, 0.1) is 11.1 Å². The second-order valence-electron chi connectivity index (χ2n) is 5.32. The normalized spacial score (nSPS) is 17.6. The highest BCUT2D eigenvalue weighted by molar-refractivity contribution is 9.10. The van der Waals surface area contributed by atoms with Crippen LogP contribution in [-0.2, 0) is 6.54 Å². The molecule has 1 aromatic rings. The van der Waals surface area contributed by atoms with Crippen molar-refractivity contribution in [2.24, 2.45) is 5.92 Å². The van der Waals surface area contributed by atoms with E-state index >= 15 is 0 Å². The molecule has 0 saturated carbocycles. The van der Waals surface area contributed by atoms with Gasteiger partial charge >= 0.3 is 0 Å². The van der Waals surface area contributed by atoms with Crippen LogP contribution in [0.4, 0.5) is 0 Å². The predicted molar refractivity (Wildman–Crippen MR) is 80.7 cm³/mol. The maximum absolute atomic E-state index is 9.91. The van der Waals surface area contributed by atoms with Gasteiger partial charge in [0.15, 0.2) is 11.5 Å². The van der Waals surface area contributed by atoms with E-state index in [1.807, 2.05) is 19.1 Å². The lowest BCUT2D eigenvalue weighted by Crippen LogP contribution is -2.32. The van der Waals surface area contributed by atoms with E-state index in [2.05, 4.69) is 27.8 Å². The minimum Gasteiger partial charge on any atom is -0.503 e. The number of halogens is 1. The van der Waals surface area contributed by atoms with Gasteiger partial charge in [0.1, 0.15) is 0 Å². The van der Waals surface area contributed by atoms with Gasteiger partial charge in [-0.3, -0.25) is 4.90 Å². The van der Waals surface area contributed by atoms with Crippen LogP contribution in [0.3, 0.4) is 0 Å². The number of hydrogen-bond donors (Lipinski definition) is 1. The second kappa shape index (κ2) is 6.62. The molecule has 1 aromatic carbocycles. The predicted octanol–water partition coefficient (Wildman–Crippen LogP) is 3.79. The lowest BCUT2D eigenvalue weighted by atomic mass is 9.99. The first kappa shape index (κ1) is 14.7. The minimum atomic E-state index is 0.192. The fourth-order valence-corrected chi connectivity index (χ4v) is 2.95. The lowest BCUT2D eigenvalue weighted by Gasteiger charge is -2.30. The van der Waals surface area contributed by atoms with Crippen LogP contribution in [-0.4, -0.2) is 29.7 Å². The fourth-order valence-electron chi connectivity index (χ4n) is 2.46. The molecule has 1 fully saturated rings. The molecule has 1 heterocycles. The van der Waals surface area contributed by atoms with Crippen LogP contribution in [0, 0.1) is 5.92 Å². The third kappa shape index (κ3) is 3.86. The molecule has 0 bridgehead atoms. The van der Waals surface area contributed by atoms with E-state index in [4.69, 9.17) is 4.74 Å². The molecular weight excluding hydrogens is 306 g/mol. The zero-order valence-corrected chi connectivity index (χ0v) is 13.2. The Morgan fingerprint density at radius 3 is 2.68 bits per heavy atom. The second-order valence-corrected chi connectivity index (χ2v) is 6.17. The first-order valence-corrected chi connectivity index (χ1v) is 7.76. The molecule has 1 aliphatic heterocycles. The number of phenolic OH excluding ortho intramolecular Hbond substituents is 1. The maximum Gasteiger partial charge on any atom is 0.172 e. The molecule has 4 heteroatoms. The van der Waals surface area contributed by atoms with Crippen LogP contribution in [0.5, 0.6) is 11.5 Å². The van der Waals surface area contributed by atoms with Gasteiger partial charge in [-0.05, 0) is 72.4 Å². The number of rotatable bonds is 4. The molecule has 106 valence electrons. The SMILES string of the molecule is CCOc1cc(CN2CCC(C)CC2)cc(Br)c1O. The summed E-state index contributed by atoms with van der Waals surface area (Å²) < 4.78 is 6.17. The Kier molecular flexibility index (Phi) is 5.11. The van der Waals surface area contributed by atoms with Crippen molar-refractivity contribution in [1.29, 1.82) is 0 Å². The van der Waals surface area contributed by atoms with Crippen LogP contribution in [0.25, 0.3) is 0 Å². The Hall–Kier alpha value is -0.740. The highest BCUT2D eigenvalue weighted by Crippen LogP contribution is 2.36. The first-order chi connectivity index (χ1) is 9.10. The third-order valence-corrected chi connectivity index (χ3v) is 4.27. The summed E-state index contributed by atoms with van der Waals surface area (Å²) in [7, 11) is 0. The lowest BCUT2D eigenvalue weighted by molar-refractivity contribution is 0.185. The third-order valence-electron chi connectivity index (χ3n) is 3.67. The van der Waals surface area contributed by atoms with Crippen molar-refractivity contribution in [3.8, 4) is 11.5 Å². The number of piperidine rings is 1. The molecule has 0 aromatic heterocycles. The molecule has 3 nitrogen and oxygen atoms in total. The molecule has 2 rings (SSSR count). The summed E-state index contributed by atoms with van der Waals surface area (Å²) in [5.41, 5.74) is 1.18. The van der Waals surface area contributed by atoms with Gasteiger partial charge in [0.25, 0.3) is 0 Å². The Morgan fingerprint density at radius 2 is 2.05 bits per heavy atom. The topological polar surface area (TPSA) is 32.7 Å². The zero-order valence-electron chi connectivity index (χ0n) is 11.7. The molecule has 0 unspecified atom stereocenters. The maximum atomic E-state index is 9.91. The highest BCUT2D eigenvalue weighted by atomic mass is 79.9. The molecule has 1 aliphatic rings. The van der Waals surface area contributed by atoms with E-state index in [-0.39, 0.29) is 5.75 Å². The number of hydrogen-bond acceptors (Lipinski definition) is 3. The van der Waals surface area contributed by atoms with Crippen molar-refractivity contribution < 1.29 is 9.84 Å². The Balaban J connectivity index is 2.07. The molecule has 19 heavy (non-hydrogen) atoms. The van der Waals surface area contributed by atoms with Gasteiger partial charge in [0.2, 0.25) is 0 Å². The molecule has 0 radical (unpaired) electrons. The summed E-state index contributed by atoms with van der Waals surface area (Å²) in [5.74, 6) is 1.61. The van der Waals surface area contributed by atoms with Gasteiger partial charge in [-0.1, -0.05) is 6.92 Å². The number of ether oxygens (including phenoxy) is 1. The van der Waals surface area contributed by atoms with Gasteiger partial charge < -0.3 is 9.84 Å². The number of benzene rings is 1. The summed E-state index contributed by atoms with van der Waals surface area (Å²) in [5, 5.41) is 9.91. The monoisotopic (exact) mass is 327 g/mol. The molecule has 0 spiro atoms. The number of phenols is 1. The molecule has 1 N–H and O–H groups in total. The fraction of sp³-hybridized carbons (Fsp3) is 0.600.